The summed E-state index contributed by atoms with van der Waals surface area (Å²) in [6.45, 7) is 5.73. The summed E-state index contributed by atoms with van der Waals surface area (Å²) in [6, 6.07) is 7.84. The lowest BCUT2D eigenvalue weighted by atomic mass is 9.92. The smallest absolute Gasteiger partial charge is 0.338 e. The quantitative estimate of drug-likeness (QED) is 0.371. The molecule has 142 valence electrons. The fourth-order valence-corrected chi connectivity index (χ4v) is 3.32. The zero-order valence-electron chi connectivity index (χ0n) is 15.1. The number of phosphoric ester groups is 1. The Morgan fingerprint density at radius 3 is 2.40 bits per heavy atom. The molecule has 1 rings (SSSR count). The van der Waals surface area contributed by atoms with Gasteiger partial charge in [-0.1, -0.05) is 56.5 Å². The number of unbranched alkanes of at least 4 members (excludes halogenated alkanes) is 3. The van der Waals surface area contributed by atoms with Crippen LogP contribution >= 0.6 is 7.82 Å². The molecule has 0 aliphatic rings. The van der Waals surface area contributed by atoms with E-state index in [0.29, 0.717) is 12.1 Å². The van der Waals surface area contributed by atoms with E-state index in [4.69, 9.17) is 14.3 Å². The highest BCUT2D eigenvalue weighted by Gasteiger charge is 2.38. The van der Waals surface area contributed by atoms with Crippen molar-refractivity contribution in [1.29, 1.82) is 0 Å². The summed E-state index contributed by atoms with van der Waals surface area (Å²) >= 11 is 0. The molecule has 1 aromatic rings. The number of amides is 2. The molecule has 0 fully saturated rings. The summed E-state index contributed by atoms with van der Waals surface area (Å²) in [5.74, 6) is 0. The SMILES string of the molecule is CCCCCCNC(=O)NC(c1ccccc1)C(C)(C)OP(=O)(O)O. The minimum absolute atomic E-state index is 0.396. The first-order valence-electron chi connectivity index (χ1n) is 8.51. The Morgan fingerprint density at radius 1 is 1.20 bits per heavy atom. The predicted molar refractivity (Wildman–Crippen MR) is 97.1 cm³/mol. The molecule has 0 radical (unpaired) electrons. The number of phosphoric acid groups is 1. The number of carbonyl (C=O) groups excluding carboxylic acids is 1. The van der Waals surface area contributed by atoms with Crippen LogP contribution in [0.3, 0.4) is 0 Å². The van der Waals surface area contributed by atoms with Crippen molar-refractivity contribution >= 4 is 13.9 Å². The van der Waals surface area contributed by atoms with Crippen LogP contribution in [-0.2, 0) is 9.09 Å². The third-order valence-corrected chi connectivity index (χ3v) is 4.48. The number of nitrogens with one attached hydrogen (secondary N) is 2. The molecular formula is C17H29N2O5P. The van der Waals surface area contributed by atoms with Gasteiger partial charge in [-0.15, -0.1) is 0 Å². The Balaban J connectivity index is 2.79. The zero-order chi connectivity index (χ0) is 18.9. The minimum atomic E-state index is -4.71. The summed E-state index contributed by atoms with van der Waals surface area (Å²) in [6.07, 6.45) is 4.18. The van der Waals surface area contributed by atoms with Crippen LogP contribution in [0.4, 0.5) is 4.79 Å². The second-order valence-corrected chi connectivity index (χ2v) is 7.65. The summed E-state index contributed by atoms with van der Waals surface area (Å²) in [4.78, 5) is 30.5. The van der Waals surface area contributed by atoms with Crippen molar-refractivity contribution < 1.29 is 23.7 Å². The number of hydrogen-bond donors (Lipinski definition) is 4. The van der Waals surface area contributed by atoms with Crippen LogP contribution in [0.1, 0.15) is 58.1 Å². The van der Waals surface area contributed by atoms with E-state index >= 15 is 0 Å². The third kappa shape index (κ3) is 8.50. The van der Waals surface area contributed by atoms with Crippen LogP contribution in [0, 0.1) is 0 Å². The first-order valence-corrected chi connectivity index (χ1v) is 10.0. The van der Waals surface area contributed by atoms with Crippen LogP contribution in [-0.4, -0.2) is 28.0 Å². The summed E-state index contributed by atoms with van der Waals surface area (Å²) in [5.41, 5.74) is -0.609. The van der Waals surface area contributed by atoms with Crippen LogP contribution < -0.4 is 10.6 Å². The maximum atomic E-state index is 12.2. The van der Waals surface area contributed by atoms with Crippen molar-refractivity contribution in [2.24, 2.45) is 0 Å². The third-order valence-electron chi connectivity index (χ3n) is 3.77. The van der Waals surface area contributed by atoms with Gasteiger partial charge in [0.2, 0.25) is 0 Å². The molecule has 0 spiro atoms. The Bertz CT molecular complexity index is 574. The molecule has 0 saturated heterocycles. The Labute approximate surface area is 149 Å². The number of hydrogen-bond acceptors (Lipinski definition) is 3. The molecule has 1 aromatic carbocycles. The Kier molecular flexibility index (Phi) is 8.59. The van der Waals surface area contributed by atoms with Crippen molar-refractivity contribution in [3.05, 3.63) is 35.9 Å². The monoisotopic (exact) mass is 372 g/mol. The fraction of sp³-hybridized carbons (Fsp3) is 0.588. The normalized spacial score (nSPS) is 13.3. The fourth-order valence-electron chi connectivity index (χ4n) is 2.60. The van der Waals surface area contributed by atoms with Gasteiger partial charge in [-0.3, -0.25) is 4.52 Å². The first kappa shape index (κ1) is 21.6. The minimum Gasteiger partial charge on any atom is -0.338 e. The molecule has 0 bridgehead atoms. The molecule has 2 amide bonds. The van der Waals surface area contributed by atoms with E-state index in [1.165, 1.54) is 13.8 Å². The second kappa shape index (κ2) is 9.92. The average molecular weight is 372 g/mol. The molecule has 0 aliphatic carbocycles. The molecule has 0 aromatic heterocycles. The molecule has 8 heteroatoms. The van der Waals surface area contributed by atoms with Gasteiger partial charge in [0.05, 0.1) is 11.6 Å². The van der Waals surface area contributed by atoms with Gasteiger partial charge >= 0.3 is 13.9 Å². The van der Waals surface area contributed by atoms with Crippen molar-refractivity contribution in [2.75, 3.05) is 6.54 Å². The van der Waals surface area contributed by atoms with E-state index in [-0.39, 0.29) is 0 Å². The predicted octanol–water partition coefficient (Wildman–Crippen LogP) is 3.50. The van der Waals surface area contributed by atoms with Crippen molar-refractivity contribution in [3.8, 4) is 0 Å². The summed E-state index contributed by atoms with van der Waals surface area (Å²) < 4.78 is 16.2. The molecule has 4 N–H and O–H groups in total. The standard InChI is InChI=1S/C17H29N2O5P/c1-4-5-6-10-13-18-16(20)19-15(14-11-8-7-9-12-14)17(2,3)24-25(21,22)23/h7-9,11-12,15H,4-6,10,13H2,1-3H3,(H2,18,19,20)(H2,21,22,23). The van der Waals surface area contributed by atoms with E-state index in [0.717, 1.165) is 25.7 Å². The Hall–Kier alpha value is -1.40. The molecule has 1 unspecified atom stereocenters. The van der Waals surface area contributed by atoms with E-state index in [1.807, 2.05) is 6.07 Å². The van der Waals surface area contributed by atoms with Gasteiger partial charge in [-0.05, 0) is 25.8 Å². The van der Waals surface area contributed by atoms with E-state index in [9.17, 15) is 9.36 Å². The van der Waals surface area contributed by atoms with Gasteiger partial charge in [0.15, 0.2) is 0 Å². The van der Waals surface area contributed by atoms with Crippen molar-refractivity contribution in [1.82, 2.24) is 10.6 Å². The number of urea groups is 1. The number of rotatable bonds is 10. The van der Waals surface area contributed by atoms with Gasteiger partial charge < -0.3 is 20.4 Å². The highest BCUT2D eigenvalue weighted by Crippen LogP contribution is 2.45. The molecule has 0 heterocycles. The lowest BCUT2D eigenvalue weighted by molar-refractivity contribution is 0.0338. The highest BCUT2D eigenvalue weighted by atomic mass is 31.2. The molecular weight excluding hydrogens is 343 g/mol. The van der Waals surface area contributed by atoms with Crippen LogP contribution in [0.15, 0.2) is 30.3 Å². The first-order chi connectivity index (χ1) is 11.7. The van der Waals surface area contributed by atoms with Crippen LogP contribution in [0.2, 0.25) is 0 Å². The number of carbonyl (C=O) groups is 1. The number of benzene rings is 1. The summed E-state index contributed by atoms with van der Waals surface area (Å²) in [5, 5.41) is 5.55. The van der Waals surface area contributed by atoms with E-state index < -0.39 is 25.5 Å². The second-order valence-electron chi connectivity index (χ2n) is 6.49. The highest BCUT2D eigenvalue weighted by molar-refractivity contribution is 7.46. The largest absolute Gasteiger partial charge is 0.470 e. The van der Waals surface area contributed by atoms with E-state index in [1.54, 1.807) is 24.3 Å². The van der Waals surface area contributed by atoms with Gasteiger partial charge in [0, 0.05) is 6.54 Å². The summed E-state index contributed by atoms with van der Waals surface area (Å²) in [7, 11) is -4.71. The Morgan fingerprint density at radius 2 is 1.84 bits per heavy atom. The average Bonchev–Trinajstić information content (AvgIpc) is 2.51. The lowest BCUT2D eigenvalue weighted by Gasteiger charge is -2.35. The van der Waals surface area contributed by atoms with Crippen LogP contribution in [0.25, 0.3) is 0 Å². The van der Waals surface area contributed by atoms with Gasteiger partial charge in [-0.2, -0.15) is 0 Å². The van der Waals surface area contributed by atoms with Gasteiger partial charge in [-0.25, -0.2) is 9.36 Å². The molecule has 7 nitrogen and oxygen atoms in total. The van der Waals surface area contributed by atoms with Crippen LogP contribution in [0.5, 0.6) is 0 Å². The van der Waals surface area contributed by atoms with E-state index in [2.05, 4.69) is 17.6 Å². The molecule has 1 atom stereocenters. The maximum absolute atomic E-state index is 12.2. The lowest BCUT2D eigenvalue weighted by Crippen LogP contribution is -2.47. The van der Waals surface area contributed by atoms with Gasteiger partial charge in [0.25, 0.3) is 0 Å². The van der Waals surface area contributed by atoms with Crippen molar-refractivity contribution in [2.45, 2.75) is 58.1 Å². The topological polar surface area (TPSA) is 108 Å². The maximum Gasteiger partial charge on any atom is 0.470 e. The molecule has 25 heavy (non-hydrogen) atoms. The van der Waals surface area contributed by atoms with Crippen molar-refractivity contribution in [3.63, 3.8) is 0 Å². The van der Waals surface area contributed by atoms with Gasteiger partial charge in [0.1, 0.15) is 0 Å². The zero-order valence-corrected chi connectivity index (χ0v) is 16.0. The molecule has 0 aliphatic heterocycles. The molecule has 0 saturated carbocycles.